The van der Waals surface area contributed by atoms with Crippen molar-refractivity contribution in [1.29, 1.82) is 0 Å². The fraction of sp³-hybridized carbons (Fsp3) is 0.471. The molecule has 0 aromatic heterocycles. The Labute approximate surface area is 136 Å². The van der Waals surface area contributed by atoms with Gasteiger partial charge in [0, 0.05) is 26.1 Å². The Balaban J connectivity index is 2.29. The molecule has 0 saturated heterocycles. The highest BCUT2D eigenvalue weighted by atomic mass is 16.4. The van der Waals surface area contributed by atoms with Crippen LogP contribution in [0, 0.1) is 0 Å². The summed E-state index contributed by atoms with van der Waals surface area (Å²) in [6.07, 6.45) is 1.23. The quantitative estimate of drug-likeness (QED) is 0.678. The summed E-state index contributed by atoms with van der Waals surface area (Å²) in [6.45, 7) is 5.75. The molecule has 1 aromatic rings. The smallest absolute Gasteiger partial charge is 0.335 e. The van der Waals surface area contributed by atoms with Gasteiger partial charge in [0.15, 0.2) is 0 Å². The number of amides is 2. The largest absolute Gasteiger partial charge is 0.478 e. The lowest BCUT2D eigenvalue weighted by atomic mass is 10.1. The summed E-state index contributed by atoms with van der Waals surface area (Å²) in [5, 5.41) is 11.6. The zero-order valence-electron chi connectivity index (χ0n) is 13.7. The number of carbonyl (C=O) groups excluding carboxylic acids is 2. The summed E-state index contributed by atoms with van der Waals surface area (Å²) in [7, 11) is 0. The highest BCUT2D eigenvalue weighted by Crippen LogP contribution is 2.05. The van der Waals surface area contributed by atoms with Crippen LogP contribution in [0.3, 0.4) is 0 Å². The molecule has 0 heterocycles. The first-order valence-corrected chi connectivity index (χ1v) is 7.84. The van der Waals surface area contributed by atoms with Gasteiger partial charge in [0.05, 0.1) is 12.0 Å². The topological polar surface area (TPSA) is 86.7 Å². The predicted molar refractivity (Wildman–Crippen MR) is 87.3 cm³/mol. The molecule has 0 atom stereocenters. The summed E-state index contributed by atoms with van der Waals surface area (Å²) < 4.78 is 0. The van der Waals surface area contributed by atoms with Gasteiger partial charge >= 0.3 is 5.97 Å². The van der Waals surface area contributed by atoms with Crippen molar-refractivity contribution in [3.63, 3.8) is 0 Å². The van der Waals surface area contributed by atoms with Crippen molar-refractivity contribution in [3.05, 3.63) is 35.4 Å². The number of benzene rings is 1. The number of aromatic carboxylic acids is 1. The number of hydrogen-bond acceptors (Lipinski definition) is 3. The highest BCUT2D eigenvalue weighted by molar-refractivity contribution is 5.87. The van der Waals surface area contributed by atoms with Gasteiger partial charge in [-0.15, -0.1) is 0 Å². The van der Waals surface area contributed by atoms with Gasteiger partial charge in [0.25, 0.3) is 0 Å². The number of carbonyl (C=O) groups is 3. The average Bonchev–Trinajstić information content (AvgIpc) is 2.53. The fourth-order valence-electron chi connectivity index (χ4n) is 2.21. The van der Waals surface area contributed by atoms with Crippen LogP contribution in [-0.2, 0) is 16.0 Å². The van der Waals surface area contributed by atoms with Gasteiger partial charge < -0.3 is 15.3 Å². The summed E-state index contributed by atoms with van der Waals surface area (Å²) in [5.74, 6) is -1.02. The minimum Gasteiger partial charge on any atom is -0.478 e. The van der Waals surface area contributed by atoms with Gasteiger partial charge in [-0.2, -0.15) is 0 Å². The van der Waals surface area contributed by atoms with Crippen LogP contribution in [0.1, 0.15) is 42.6 Å². The Morgan fingerprint density at radius 1 is 1.09 bits per heavy atom. The maximum absolute atomic E-state index is 11.8. The van der Waals surface area contributed by atoms with E-state index in [1.807, 2.05) is 13.8 Å². The van der Waals surface area contributed by atoms with Crippen LogP contribution in [0.2, 0.25) is 0 Å². The zero-order valence-corrected chi connectivity index (χ0v) is 13.7. The van der Waals surface area contributed by atoms with Crippen LogP contribution in [0.4, 0.5) is 0 Å². The summed E-state index contributed by atoms with van der Waals surface area (Å²) in [4.78, 5) is 36.1. The highest BCUT2D eigenvalue weighted by Gasteiger charge is 2.09. The Morgan fingerprint density at radius 3 is 2.22 bits per heavy atom. The van der Waals surface area contributed by atoms with Gasteiger partial charge in [-0.25, -0.2) is 4.79 Å². The normalized spacial score (nSPS) is 10.2. The Bertz CT molecular complexity index is 536. The molecule has 6 heteroatoms. The summed E-state index contributed by atoms with van der Waals surface area (Å²) in [5.41, 5.74) is 0.954. The third-order valence-electron chi connectivity index (χ3n) is 3.57. The van der Waals surface area contributed by atoms with E-state index in [2.05, 4.69) is 5.32 Å². The van der Waals surface area contributed by atoms with E-state index in [0.717, 1.165) is 5.56 Å². The van der Waals surface area contributed by atoms with E-state index >= 15 is 0 Å². The van der Waals surface area contributed by atoms with Crippen molar-refractivity contribution in [2.75, 3.05) is 19.6 Å². The van der Waals surface area contributed by atoms with Crippen LogP contribution in [0.15, 0.2) is 24.3 Å². The summed E-state index contributed by atoms with van der Waals surface area (Å²) >= 11 is 0. The molecule has 1 aromatic carbocycles. The number of carboxylic acids is 1. The van der Waals surface area contributed by atoms with Crippen molar-refractivity contribution in [2.24, 2.45) is 0 Å². The molecule has 0 aliphatic carbocycles. The van der Waals surface area contributed by atoms with E-state index in [1.54, 1.807) is 17.0 Å². The van der Waals surface area contributed by atoms with Crippen LogP contribution < -0.4 is 5.32 Å². The molecule has 0 aliphatic rings. The van der Waals surface area contributed by atoms with E-state index in [0.29, 0.717) is 32.5 Å². The Kier molecular flexibility index (Phi) is 7.80. The Morgan fingerprint density at radius 2 is 1.70 bits per heavy atom. The maximum atomic E-state index is 11.8. The number of carboxylic acid groups (broad SMARTS) is 1. The second-order valence-corrected chi connectivity index (χ2v) is 5.20. The molecule has 126 valence electrons. The van der Waals surface area contributed by atoms with Crippen LogP contribution in [0.5, 0.6) is 0 Å². The van der Waals surface area contributed by atoms with Crippen molar-refractivity contribution in [1.82, 2.24) is 10.2 Å². The van der Waals surface area contributed by atoms with Crippen molar-refractivity contribution in [2.45, 2.75) is 33.1 Å². The molecule has 2 amide bonds. The van der Waals surface area contributed by atoms with Crippen molar-refractivity contribution >= 4 is 17.8 Å². The van der Waals surface area contributed by atoms with E-state index in [1.165, 1.54) is 12.1 Å². The molecule has 1 rings (SSSR count). The van der Waals surface area contributed by atoms with Gasteiger partial charge in [-0.1, -0.05) is 12.1 Å². The lowest BCUT2D eigenvalue weighted by molar-refractivity contribution is -0.131. The minimum absolute atomic E-state index is 0.105. The van der Waals surface area contributed by atoms with Crippen LogP contribution in [-0.4, -0.2) is 47.4 Å². The molecule has 6 nitrogen and oxygen atoms in total. The van der Waals surface area contributed by atoms with Crippen molar-refractivity contribution in [3.8, 4) is 0 Å². The Hall–Kier alpha value is -2.37. The molecule has 0 radical (unpaired) electrons. The number of hydrogen-bond donors (Lipinski definition) is 2. The van der Waals surface area contributed by atoms with Crippen LogP contribution >= 0.6 is 0 Å². The van der Waals surface area contributed by atoms with E-state index < -0.39 is 5.97 Å². The van der Waals surface area contributed by atoms with Crippen LogP contribution in [0.25, 0.3) is 0 Å². The molecule has 2 N–H and O–H groups in total. The van der Waals surface area contributed by atoms with Gasteiger partial charge in [-0.05, 0) is 38.0 Å². The first kappa shape index (κ1) is 18.7. The molecular formula is C17H24N2O4. The number of nitrogens with one attached hydrogen (secondary N) is 1. The van der Waals surface area contributed by atoms with Gasteiger partial charge in [0.1, 0.15) is 0 Å². The van der Waals surface area contributed by atoms with Gasteiger partial charge in [-0.3, -0.25) is 9.59 Å². The first-order valence-electron chi connectivity index (χ1n) is 7.84. The monoisotopic (exact) mass is 320 g/mol. The second kappa shape index (κ2) is 9.61. The molecule has 0 bridgehead atoms. The molecule has 0 spiro atoms. The average molecular weight is 320 g/mol. The van der Waals surface area contributed by atoms with E-state index in [4.69, 9.17) is 5.11 Å². The molecule has 0 saturated carbocycles. The molecule has 0 unspecified atom stereocenters. The molecule has 0 fully saturated rings. The molecule has 0 aliphatic heterocycles. The standard InChI is InChI=1S/C17H24N2O4/c1-3-19(4-2)16(21)6-5-11-18-15(20)12-13-7-9-14(10-8-13)17(22)23/h7-10H,3-6,11-12H2,1-2H3,(H,18,20)(H,22,23). The second-order valence-electron chi connectivity index (χ2n) is 5.20. The van der Waals surface area contributed by atoms with Crippen molar-refractivity contribution < 1.29 is 19.5 Å². The third kappa shape index (κ3) is 6.50. The van der Waals surface area contributed by atoms with E-state index in [-0.39, 0.29) is 23.8 Å². The minimum atomic E-state index is -0.987. The first-order chi connectivity index (χ1) is 11.0. The lowest BCUT2D eigenvalue weighted by Crippen LogP contribution is -2.32. The number of nitrogens with zero attached hydrogens (tertiary/aromatic N) is 1. The maximum Gasteiger partial charge on any atom is 0.335 e. The SMILES string of the molecule is CCN(CC)C(=O)CCCNC(=O)Cc1ccc(C(=O)O)cc1. The number of rotatable bonds is 9. The van der Waals surface area contributed by atoms with Gasteiger partial charge in [0.2, 0.25) is 11.8 Å². The summed E-state index contributed by atoms with van der Waals surface area (Å²) in [6, 6.07) is 6.22. The molecular weight excluding hydrogens is 296 g/mol. The lowest BCUT2D eigenvalue weighted by Gasteiger charge is -2.18. The zero-order chi connectivity index (χ0) is 17.2. The fourth-order valence-corrected chi connectivity index (χ4v) is 2.21. The van der Waals surface area contributed by atoms with E-state index in [9.17, 15) is 14.4 Å². The molecule has 23 heavy (non-hydrogen) atoms. The predicted octanol–water partition coefficient (Wildman–Crippen LogP) is 1.69. The third-order valence-corrected chi connectivity index (χ3v) is 3.57.